The van der Waals surface area contributed by atoms with Gasteiger partial charge in [-0.3, -0.25) is 4.79 Å². The molecule has 1 N–H and O–H groups in total. The third kappa shape index (κ3) is 4.38. The van der Waals surface area contributed by atoms with Gasteiger partial charge in [0.1, 0.15) is 5.82 Å². The van der Waals surface area contributed by atoms with Crippen molar-refractivity contribution in [1.82, 2.24) is 9.88 Å². The fraction of sp³-hybridized carbons (Fsp3) is 0.100. The van der Waals surface area contributed by atoms with Crippen LogP contribution >= 0.6 is 34.7 Å². The number of halogens is 2. The topological polar surface area (TPSA) is 45.2 Å². The molecule has 1 aromatic heterocycles. The average molecular weight is 432 g/mol. The van der Waals surface area contributed by atoms with Crippen molar-refractivity contribution < 1.29 is 9.18 Å². The minimum atomic E-state index is -0.279. The number of anilines is 2. The molecule has 0 saturated carbocycles. The maximum absolute atomic E-state index is 13.0. The van der Waals surface area contributed by atoms with E-state index >= 15 is 0 Å². The summed E-state index contributed by atoms with van der Waals surface area (Å²) in [6.45, 7) is 0.656. The van der Waals surface area contributed by atoms with E-state index in [-0.39, 0.29) is 11.7 Å². The number of hydrogen-bond acceptors (Lipinski definition) is 5. The van der Waals surface area contributed by atoms with Crippen LogP contribution in [0, 0.1) is 5.82 Å². The third-order valence-corrected chi connectivity index (χ3v) is 6.10. The van der Waals surface area contributed by atoms with Crippen LogP contribution in [0.4, 0.5) is 15.2 Å². The molecule has 1 aliphatic rings. The first-order chi connectivity index (χ1) is 13.6. The Hall–Kier alpha value is -2.35. The zero-order valence-corrected chi connectivity index (χ0v) is 17.0. The quantitative estimate of drug-likeness (QED) is 0.561. The highest BCUT2D eigenvalue weighted by molar-refractivity contribution is 8.03. The molecule has 0 radical (unpaired) electrons. The molecule has 0 aliphatic carbocycles. The molecule has 0 atom stereocenters. The number of rotatable bonds is 4. The number of carbonyl (C=O) groups is 1. The van der Waals surface area contributed by atoms with Gasteiger partial charge in [0.25, 0.3) is 5.91 Å². The Balaban J connectivity index is 1.50. The Labute approximate surface area is 175 Å². The van der Waals surface area contributed by atoms with Gasteiger partial charge < -0.3 is 10.2 Å². The summed E-state index contributed by atoms with van der Waals surface area (Å²) >= 11 is 8.99. The third-order valence-electron chi connectivity index (χ3n) is 4.06. The van der Waals surface area contributed by atoms with E-state index in [9.17, 15) is 9.18 Å². The lowest BCUT2D eigenvalue weighted by atomic mass is 10.2. The molecule has 142 valence electrons. The van der Waals surface area contributed by atoms with Crippen molar-refractivity contribution in [2.45, 2.75) is 0 Å². The average Bonchev–Trinajstić information content (AvgIpc) is 3.33. The summed E-state index contributed by atoms with van der Waals surface area (Å²) in [4.78, 5) is 19.1. The number of amides is 1. The lowest BCUT2D eigenvalue weighted by Crippen LogP contribution is -2.26. The monoisotopic (exact) mass is 431 g/mol. The maximum Gasteiger partial charge on any atom is 0.258 e. The predicted molar refractivity (Wildman–Crippen MR) is 115 cm³/mol. The zero-order chi connectivity index (χ0) is 19.5. The smallest absolute Gasteiger partial charge is 0.258 e. The first kappa shape index (κ1) is 19.0. The van der Waals surface area contributed by atoms with E-state index in [1.807, 2.05) is 11.5 Å². The molecule has 0 spiro atoms. The number of carbonyl (C=O) groups excluding carboxylic acids is 1. The van der Waals surface area contributed by atoms with Crippen LogP contribution in [0.3, 0.4) is 0 Å². The molecule has 1 saturated heterocycles. The van der Waals surface area contributed by atoms with Crippen LogP contribution in [-0.2, 0) is 0 Å². The van der Waals surface area contributed by atoms with Crippen LogP contribution in [0.1, 0.15) is 16.1 Å². The van der Waals surface area contributed by atoms with Crippen LogP contribution in [-0.4, -0.2) is 28.1 Å². The van der Waals surface area contributed by atoms with Crippen LogP contribution in [0.5, 0.6) is 0 Å². The largest absolute Gasteiger partial charge is 0.332 e. The van der Waals surface area contributed by atoms with E-state index in [2.05, 4.69) is 10.3 Å². The molecule has 3 aromatic rings. The van der Waals surface area contributed by atoms with E-state index < -0.39 is 0 Å². The van der Waals surface area contributed by atoms with Crippen molar-refractivity contribution in [3.63, 3.8) is 0 Å². The first-order valence-electron chi connectivity index (χ1n) is 8.48. The molecule has 28 heavy (non-hydrogen) atoms. The van der Waals surface area contributed by atoms with E-state index in [0.29, 0.717) is 22.3 Å². The molecular formula is C20H15ClFN3OS2. The second-order valence-electron chi connectivity index (χ2n) is 6.00. The van der Waals surface area contributed by atoms with Crippen molar-refractivity contribution in [2.24, 2.45) is 0 Å². The molecule has 1 aliphatic heterocycles. The molecule has 1 amide bonds. The predicted octanol–water partition coefficient (Wildman–Crippen LogP) is 5.87. The van der Waals surface area contributed by atoms with Crippen LogP contribution < -0.4 is 5.32 Å². The molecule has 0 unspecified atom stereocenters. The highest BCUT2D eigenvalue weighted by Crippen LogP contribution is 2.32. The van der Waals surface area contributed by atoms with E-state index in [0.717, 1.165) is 22.2 Å². The van der Waals surface area contributed by atoms with Gasteiger partial charge in [0.05, 0.1) is 10.7 Å². The van der Waals surface area contributed by atoms with Gasteiger partial charge in [-0.15, -0.1) is 23.1 Å². The van der Waals surface area contributed by atoms with Crippen molar-refractivity contribution >= 4 is 57.5 Å². The Morgan fingerprint density at radius 3 is 2.68 bits per heavy atom. The number of nitrogens with one attached hydrogen (secondary N) is 1. The summed E-state index contributed by atoms with van der Waals surface area (Å²) < 4.78 is 13.0. The fourth-order valence-corrected chi connectivity index (χ4v) is 4.52. The normalized spacial score (nSPS) is 15.2. The molecule has 4 rings (SSSR count). The minimum absolute atomic E-state index is 0.0483. The van der Waals surface area contributed by atoms with Crippen molar-refractivity contribution in [3.8, 4) is 0 Å². The second kappa shape index (κ2) is 8.34. The van der Waals surface area contributed by atoms with Crippen molar-refractivity contribution in [1.29, 1.82) is 0 Å². The number of thioether (sulfide) groups is 1. The van der Waals surface area contributed by atoms with E-state index in [4.69, 9.17) is 11.6 Å². The van der Waals surface area contributed by atoms with Gasteiger partial charge in [-0.25, -0.2) is 9.37 Å². The molecule has 2 aromatic carbocycles. The Kier molecular flexibility index (Phi) is 5.66. The zero-order valence-electron chi connectivity index (χ0n) is 14.6. The standard InChI is InChI=1S/C20H15ClFN3OS2/c21-14-3-1-13(2-4-14)19(26)25-9-10-27-18(25)11-17-12-28-20(24-17)23-16-7-5-15(22)6-8-16/h1-8,11-12H,9-10H2,(H,23,24)/b18-11+. The number of aromatic nitrogens is 1. The summed E-state index contributed by atoms with van der Waals surface area (Å²) in [5.41, 5.74) is 2.15. The first-order valence-corrected chi connectivity index (χ1v) is 10.7. The minimum Gasteiger partial charge on any atom is -0.332 e. The summed E-state index contributed by atoms with van der Waals surface area (Å²) in [6.07, 6.45) is 1.91. The van der Waals surface area contributed by atoms with Crippen molar-refractivity contribution in [2.75, 3.05) is 17.6 Å². The summed E-state index contributed by atoms with van der Waals surface area (Å²) in [5.74, 6) is 0.516. The molecule has 0 bridgehead atoms. The summed E-state index contributed by atoms with van der Waals surface area (Å²) in [7, 11) is 0. The van der Waals surface area contributed by atoms with Crippen LogP contribution in [0.2, 0.25) is 5.02 Å². The van der Waals surface area contributed by atoms with Crippen molar-refractivity contribution in [3.05, 3.63) is 81.0 Å². The molecule has 2 heterocycles. The van der Waals surface area contributed by atoms with Gasteiger partial charge in [-0.1, -0.05) is 11.6 Å². The maximum atomic E-state index is 13.0. The molecule has 8 heteroatoms. The van der Waals surface area contributed by atoms with Gasteiger partial charge in [0.15, 0.2) is 5.13 Å². The van der Waals surface area contributed by atoms with Gasteiger partial charge >= 0.3 is 0 Å². The fourth-order valence-electron chi connectivity index (χ4n) is 2.69. The highest BCUT2D eigenvalue weighted by Gasteiger charge is 2.25. The van der Waals surface area contributed by atoms with Gasteiger partial charge in [0.2, 0.25) is 0 Å². The lowest BCUT2D eigenvalue weighted by molar-refractivity contribution is 0.0831. The van der Waals surface area contributed by atoms with E-state index in [1.165, 1.54) is 23.5 Å². The number of nitrogens with zero attached hydrogens (tertiary/aromatic N) is 2. The lowest BCUT2D eigenvalue weighted by Gasteiger charge is -2.16. The molecular weight excluding hydrogens is 417 g/mol. The van der Waals surface area contributed by atoms with Crippen LogP contribution in [0.25, 0.3) is 6.08 Å². The summed E-state index contributed by atoms with van der Waals surface area (Å²) in [6, 6.07) is 13.0. The SMILES string of the molecule is O=C(c1ccc(Cl)cc1)N1CCS/C1=C/c1csc(Nc2ccc(F)cc2)n1. The van der Waals surface area contributed by atoms with Gasteiger partial charge in [0, 0.05) is 34.0 Å². The Morgan fingerprint density at radius 2 is 1.93 bits per heavy atom. The Morgan fingerprint density at radius 1 is 1.18 bits per heavy atom. The molecule has 1 fully saturated rings. The second-order valence-corrected chi connectivity index (χ2v) is 8.41. The van der Waals surface area contributed by atoms with Gasteiger partial charge in [-0.05, 0) is 54.6 Å². The molecule has 4 nitrogen and oxygen atoms in total. The highest BCUT2D eigenvalue weighted by atomic mass is 35.5. The van der Waals surface area contributed by atoms with Gasteiger partial charge in [-0.2, -0.15) is 0 Å². The Bertz CT molecular complexity index is 1020. The van der Waals surface area contributed by atoms with Crippen LogP contribution in [0.15, 0.2) is 58.9 Å². The summed E-state index contributed by atoms with van der Waals surface area (Å²) in [5, 5.41) is 7.26. The van der Waals surface area contributed by atoms with E-state index in [1.54, 1.807) is 53.1 Å². The number of thiazole rings is 1. The number of benzene rings is 2. The number of hydrogen-bond donors (Lipinski definition) is 1.